The number of hydrogen-bond acceptors (Lipinski definition) is 4. The molecule has 0 radical (unpaired) electrons. The maximum Gasteiger partial charge on any atom is 0.319 e. The van der Waals surface area contributed by atoms with E-state index in [9.17, 15) is 9.59 Å². The summed E-state index contributed by atoms with van der Waals surface area (Å²) in [6.07, 6.45) is 0.761. The predicted molar refractivity (Wildman–Crippen MR) is 66.0 cm³/mol. The number of nitrogens with one attached hydrogen (secondary N) is 1. The van der Waals surface area contributed by atoms with Gasteiger partial charge in [0.05, 0.1) is 6.61 Å². The Bertz CT molecular complexity index is 430. The standard InChI is InChI=1S/C12H13NO3S/c1-8(14)13-9-2-4-10(5-3-9)17-11-6-7-16-12(11)15/h2-5,11H,6-7H2,1H3,(H,13,14). The molecule has 1 fully saturated rings. The molecule has 2 rings (SSSR count). The van der Waals surface area contributed by atoms with E-state index >= 15 is 0 Å². The lowest BCUT2D eigenvalue weighted by molar-refractivity contribution is -0.137. The van der Waals surface area contributed by atoms with E-state index in [-0.39, 0.29) is 17.1 Å². The third kappa shape index (κ3) is 3.23. The van der Waals surface area contributed by atoms with Gasteiger partial charge in [0.25, 0.3) is 0 Å². The Hall–Kier alpha value is -1.49. The SMILES string of the molecule is CC(=O)Nc1ccc(SC2CCOC2=O)cc1. The number of anilines is 1. The molecule has 0 aromatic heterocycles. The van der Waals surface area contributed by atoms with Gasteiger partial charge in [0.1, 0.15) is 5.25 Å². The van der Waals surface area contributed by atoms with Gasteiger partial charge in [-0.3, -0.25) is 9.59 Å². The maximum atomic E-state index is 11.3. The molecule has 17 heavy (non-hydrogen) atoms. The van der Waals surface area contributed by atoms with Crippen molar-refractivity contribution >= 4 is 29.3 Å². The van der Waals surface area contributed by atoms with Crippen molar-refractivity contribution in [1.29, 1.82) is 0 Å². The molecule has 1 aromatic rings. The van der Waals surface area contributed by atoms with Crippen LogP contribution in [0.2, 0.25) is 0 Å². The maximum absolute atomic E-state index is 11.3. The van der Waals surface area contributed by atoms with Crippen LogP contribution in [-0.4, -0.2) is 23.7 Å². The minimum Gasteiger partial charge on any atom is -0.465 e. The van der Waals surface area contributed by atoms with Gasteiger partial charge in [-0.05, 0) is 24.3 Å². The minimum atomic E-state index is -0.138. The average Bonchev–Trinajstić information content (AvgIpc) is 2.67. The molecule has 1 aliphatic rings. The third-order valence-corrected chi connectivity index (χ3v) is 3.60. The average molecular weight is 251 g/mol. The molecule has 0 bridgehead atoms. The number of rotatable bonds is 3. The number of amides is 1. The Kier molecular flexibility index (Phi) is 3.68. The summed E-state index contributed by atoms with van der Waals surface area (Å²) in [6.45, 7) is 1.98. The van der Waals surface area contributed by atoms with E-state index in [0.29, 0.717) is 6.61 Å². The van der Waals surface area contributed by atoms with Gasteiger partial charge < -0.3 is 10.1 Å². The molecule has 0 aliphatic carbocycles. The molecule has 1 atom stereocenters. The van der Waals surface area contributed by atoms with Crippen LogP contribution in [0.3, 0.4) is 0 Å². The Labute approximate surface area is 104 Å². The zero-order valence-electron chi connectivity index (χ0n) is 9.43. The van der Waals surface area contributed by atoms with Gasteiger partial charge >= 0.3 is 5.97 Å². The molecule has 1 N–H and O–H groups in total. The highest BCUT2D eigenvalue weighted by atomic mass is 32.2. The van der Waals surface area contributed by atoms with E-state index in [2.05, 4.69) is 5.32 Å². The van der Waals surface area contributed by atoms with E-state index in [1.165, 1.54) is 18.7 Å². The first kappa shape index (κ1) is 12.0. The van der Waals surface area contributed by atoms with E-state index in [0.717, 1.165) is 17.0 Å². The number of esters is 1. The summed E-state index contributed by atoms with van der Waals surface area (Å²) in [5, 5.41) is 2.60. The first-order valence-corrected chi connectivity index (χ1v) is 6.24. The second-order valence-electron chi connectivity index (χ2n) is 3.77. The zero-order chi connectivity index (χ0) is 12.3. The van der Waals surface area contributed by atoms with Gasteiger partial charge in [-0.1, -0.05) is 0 Å². The Morgan fingerprint density at radius 2 is 2.12 bits per heavy atom. The molecule has 0 spiro atoms. The smallest absolute Gasteiger partial charge is 0.319 e. The number of benzene rings is 1. The summed E-state index contributed by atoms with van der Waals surface area (Å²) in [5.41, 5.74) is 0.760. The fourth-order valence-corrected chi connectivity index (χ4v) is 2.57. The van der Waals surface area contributed by atoms with Crippen LogP contribution in [0.15, 0.2) is 29.2 Å². The molecule has 1 saturated heterocycles. The molecular formula is C12H13NO3S. The van der Waals surface area contributed by atoms with Crippen molar-refractivity contribution < 1.29 is 14.3 Å². The van der Waals surface area contributed by atoms with Crippen LogP contribution in [-0.2, 0) is 14.3 Å². The number of carbonyl (C=O) groups excluding carboxylic acids is 2. The minimum absolute atomic E-state index is 0.0928. The molecule has 0 saturated carbocycles. The van der Waals surface area contributed by atoms with Crippen LogP contribution in [0.5, 0.6) is 0 Å². The molecule has 90 valence electrons. The Morgan fingerprint density at radius 1 is 1.41 bits per heavy atom. The highest BCUT2D eigenvalue weighted by molar-refractivity contribution is 8.00. The first-order valence-electron chi connectivity index (χ1n) is 5.36. The fourth-order valence-electron chi connectivity index (χ4n) is 1.57. The normalized spacial score (nSPS) is 18.9. The quantitative estimate of drug-likeness (QED) is 0.835. The number of cyclic esters (lactones) is 1. The molecule has 1 heterocycles. The van der Waals surface area contributed by atoms with Crippen molar-refractivity contribution in [2.75, 3.05) is 11.9 Å². The number of hydrogen-bond donors (Lipinski definition) is 1. The highest BCUT2D eigenvalue weighted by Crippen LogP contribution is 2.30. The monoisotopic (exact) mass is 251 g/mol. The third-order valence-electron chi connectivity index (χ3n) is 2.34. The Morgan fingerprint density at radius 3 is 2.65 bits per heavy atom. The lowest BCUT2D eigenvalue weighted by Gasteiger charge is -2.06. The topological polar surface area (TPSA) is 55.4 Å². The van der Waals surface area contributed by atoms with Gasteiger partial charge in [0.15, 0.2) is 0 Å². The van der Waals surface area contributed by atoms with Crippen LogP contribution in [0.25, 0.3) is 0 Å². The summed E-state index contributed by atoms with van der Waals surface area (Å²) in [6, 6.07) is 7.43. The summed E-state index contributed by atoms with van der Waals surface area (Å²) in [5.74, 6) is -0.231. The van der Waals surface area contributed by atoms with Crippen molar-refractivity contribution in [2.24, 2.45) is 0 Å². The lowest BCUT2D eigenvalue weighted by atomic mass is 10.3. The van der Waals surface area contributed by atoms with Crippen LogP contribution < -0.4 is 5.32 Å². The Balaban J connectivity index is 1.98. The molecule has 1 amide bonds. The van der Waals surface area contributed by atoms with Crippen LogP contribution in [0.1, 0.15) is 13.3 Å². The summed E-state index contributed by atoms with van der Waals surface area (Å²) < 4.78 is 4.90. The van der Waals surface area contributed by atoms with Gasteiger partial charge in [0.2, 0.25) is 5.91 Å². The summed E-state index contributed by atoms with van der Waals surface area (Å²) in [7, 11) is 0. The van der Waals surface area contributed by atoms with E-state index < -0.39 is 0 Å². The van der Waals surface area contributed by atoms with Crippen LogP contribution >= 0.6 is 11.8 Å². The number of ether oxygens (including phenoxy) is 1. The predicted octanol–water partition coefficient (Wildman–Crippen LogP) is 2.05. The highest BCUT2D eigenvalue weighted by Gasteiger charge is 2.27. The van der Waals surface area contributed by atoms with Crippen molar-refractivity contribution in [3.63, 3.8) is 0 Å². The zero-order valence-corrected chi connectivity index (χ0v) is 10.3. The molecule has 1 aromatic carbocycles. The first-order chi connectivity index (χ1) is 8.15. The van der Waals surface area contributed by atoms with Gasteiger partial charge in [-0.25, -0.2) is 0 Å². The molecular weight excluding hydrogens is 238 g/mol. The summed E-state index contributed by atoms with van der Waals surface area (Å²) in [4.78, 5) is 23.1. The van der Waals surface area contributed by atoms with E-state index in [1.807, 2.05) is 24.3 Å². The van der Waals surface area contributed by atoms with Crippen molar-refractivity contribution in [1.82, 2.24) is 0 Å². The van der Waals surface area contributed by atoms with Gasteiger partial charge in [-0.2, -0.15) is 0 Å². The molecule has 5 heteroatoms. The lowest BCUT2D eigenvalue weighted by Crippen LogP contribution is -2.09. The largest absolute Gasteiger partial charge is 0.465 e. The van der Waals surface area contributed by atoms with Gasteiger partial charge in [0, 0.05) is 23.9 Å². The molecule has 1 unspecified atom stereocenters. The molecule has 1 aliphatic heterocycles. The van der Waals surface area contributed by atoms with Crippen molar-refractivity contribution in [3.05, 3.63) is 24.3 Å². The number of thioether (sulfide) groups is 1. The van der Waals surface area contributed by atoms with Crippen molar-refractivity contribution in [2.45, 2.75) is 23.5 Å². The number of carbonyl (C=O) groups is 2. The van der Waals surface area contributed by atoms with Crippen molar-refractivity contribution in [3.8, 4) is 0 Å². The van der Waals surface area contributed by atoms with E-state index in [1.54, 1.807) is 0 Å². The second kappa shape index (κ2) is 5.23. The van der Waals surface area contributed by atoms with Crippen LogP contribution in [0.4, 0.5) is 5.69 Å². The van der Waals surface area contributed by atoms with Crippen LogP contribution in [0, 0.1) is 0 Å². The van der Waals surface area contributed by atoms with Gasteiger partial charge in [-0.15, -0.1) is 11.8 Å². The summed E-state index contributed by atoms with van der Waals surface area (Å²) >= 11 is 1.50. The fraction of sp³-hybridized carbons (Fsp3) is 0.333. The van der Waals surface area contributed by atoms with E-state index in [4.69, 9.17) is 4.74 Å². The molecule has 4 nitrogen and oxygen atoms in total. The second-order valence-corrected chi connectivity index (χ2v) is 5.04.